The van der Waals surface area contributed by atoms with Gasteiger partial charge in [-0.3, -0.25) is 4.79 Å². The Labute approximate surface area is 126 Å². The SMILES string of the molecule is O=C(CCC1CCCCN1)Nc1ccc(F)cc1I. The predicted octanol–water partition coefficient (Wildman–Crippen LogP) is 3.29. The van der Waals surface area contributed by atoms with Gasteiger partial charge in [0.1, 0.15) is 5.82 Å². The smallest absolute Gasteiger partial charge is 0.224 e. The van der Waals surface area contributed by atoms with Crippen LogP contribution in [-0.2, 0) is 4.79 Å². The zero-order chi connectivity index (χ0) is 13.7. The van der Waals surface area contributed by atoms with Crippen molar-refractivity contribution in [3.8, 4) is 0 Å². The average Bonchev–Trinajstić information content (AvgIpc) is 2.41. The number of nitrogens with one attached hydrogen (secondary N) is 2. The van der Waals surface area contributed by atoms with Crippen molar-refractivity contribution in [1.82, 2.24) is 5.32 Å². The molecule has 0 spiro atoms. The molecule has 1 amide bonds. The van der Waals surface area contributed by atoms with Gasteiger partial charge in [-0.2, -0.15) is 0 Å². The van der Waals surface area contributed by atoms with Crippen LogP contribution < -0.4 is 10.6 Å². The van der Waals surface area contributed by atoms with Gasteiger partial charge >= 0.3 is 0 Å². The maximum Gasteiger partial charge on any atom is 0.224 e. The van der Waals surface area contributed by atoms with Gasteiger partial charge in [0, 0.05) is 16.0 Å². The first-order valence-electron chi connectivity index (χ1n) is 6.63. The highest BCUT2D eigenvalue weighted by Crippen LogP contribution is 2.19. The highest BCUT2D eigenvalue weighted by atomic mass is 127. The monoisotopic (exact) mass is 376 g/mol. The summed E-state index contributed by atoms with van der Waals surface area (Å²) in [5, 5.41) is 6.26. The number of benzene rings is 1. The number of anilines is 1. The summed E-state index contributed by atoms with van der Waals surface area (Å²) in [5.41, 5.74) is 0.684. The van der Waals surface area contributed by atoms with Crippen LogP contribution in [0.5, 0.6) is 0 Å². The van der Waals surface area contributed by atoms with Crippen LogP contribution in [0.2, 0.25) is 0 Å². The minimum absolute atomic E-state index is 0.00287. The number of piperidine rings is 1. The van der Waals surface area contributed by atoms with Crippen LogP contribution in [0, 0.1) is 9.39 Å². The van der Waals surface area contributed by atoms with E-state index >= 15 is 0 Å². The van der Waals surface area contributed by atoms with E-state index in [4.69, 9.17) is 0 Å². The van der Waals surface area contributed by atoms with E-state index < -0.39 is 0 Å². The van der Waals surface area contributed by atoms with Gasteiger partial charge < -0.3 is 10.6 Å². The number of carbonyl (C=O) groups excluding carboxylic acids is 1. The zero-order valence-electron chi connectivity index (χ0n) is 10.7. The van der Waals surface area contributed by atoms with Crippen molar-refractivity contribution in [3.63, 3.8) is 0 Å². The molecule has 0 aromatic heterocycles. The Bertz CT molecular complexity index is 447. The van der Waals surface area contributed by atoms with Crippen molar-refractivity contribution >= 4 is 34.2 Å². The topological polar surface area (TPSA) is 41.1 Å². The molecule has 19 heavy (non-hydrogen) atoms. The lowest BCUT2D eigenvalue weighted by atomic mass is 10.0. The predicted molar refractivity (Wildman–Crippen MR) is 82.6 cm³/mol. The largest absolute Gasteiger partial charge is 0.325 e. The summed E-state index contributed by atoms with van der Waals surface area (Å²) in [5.74, 6) is -0.286. The quantitative estimate of drug-likeness (QED) is 0.792. The van der Waals surface area contributed by atoms with Crippen molar-refractivity contribution in [2.24, 2.45) is 0 Å². The lowest BCUT2D eigenvalue weighted by Crippen LogP contribution is -2.34. The molecule has 1 aliphatic rings. The number of halogens is 2. The van der Waals surface area contributed by atoms with Crippen molar-refractivity contribution < 1.29 is 9.18 Å². The third-order valence-corrected chi connectivity index (χ3v) is 4.23. The summed E-state index contributed by atoms with van der Waals surface area (Å²) in [7, 11) is 0. The second kappa shape index (κ2) is 7.19. The molecule has 1 saturated heterocycles. The second-order valence-electron chi connectivity index (χ2n) is 4.86. The van der Waals surface area contributed by atoms with Crippen molar-refractivity contribution in [2.75, 3.05) is 11.9 Å². The van der Waals surface area contributed by atoms with Crippen molar-refractivity contribution in [1.29, 1.82) is 0 Å². The second-order valence-corrected chi connectivity index (χ2v) is 6.02. The number of amides is 1. The molecule has 1 unspecified atom stereocenters. The van der Waals surface area contributed by atoms with Gasteiger partial charge in [0.25, 0.3) is 0 Å². The number of hydrogen-bond donors (Lipinski definition) is 2. The molecule has 0 radical (unpaired) electrons. The van der Waals surface area contributed by atoms with Gasteiger partial charge in [-0.05, 0) is 66.6 Å². The molecule has 1 fully saturated rings. The first-order valence-corrected chi connectivity index (χ1v) is 7.71. The average molecular weight is 376 g/mol. The minimum Gasteiger partial charge on any atom is -0.325 e. The Morgan fingerprint density at radius 1 is 1.47 bits per heavy atom. The Kier molecular flexibility index (Phi) is 5.57. The highest BCUT2D eigenvalue weighted by molar-refractivity contribution is 14.1. The van der Waals surface area contributed by atoms with Crippen LogP contribution >= 0.6 is 22.6 Å². The Balaban J connectivity index is 1.80. The maximum atomic E-state index is 13.0. The first kappa shape index (κ1) is 14.7. The maximum absolute atomic E-state index is 13.0. The van der Waals surface area contributed by atoms with Crippen LogP contribution in [0.1, 0.15) is 32.1 Å². The normalized spacial score (nSPS) is 19.2. The number of carbonyl (C=O) groups is 1. The summed E-state index contributed by atoms with van der Waals surface area (Å²) in [6.07, 6.45) is 5.00. The number of hydrogen-bond acceptors (Lipinski definition) is 2. The van der Waals surface area contributed by atoms with E-state index in [0.717, 1.165) is 23.0 Å². The highest BCUT2D eigenvalue weighted by Gasteiger charge is 2.14. The van der Waals surface area contributed by atoms with E-state index in [1.54, 1.807) is 6.07 Å². The molecule has 0 saturated carbocycles. The molecule has 1 aromatic carbocycles. The van der Waals surface area contributed by atoms with Crippen LogP contribution in [0.4, 0.5) is 10.1 Å². The van der Waals surface area contributed by atoms with Crippen LogP contribution in [0.15, 0.2) is 18.2 Å². The van der Waals surface area contributed by atoms with Gasteiger partial charge in [-0.15, -0.1) is 0 Å². The lowest BCUT2D eigenvalue weighted by Gasteiger charge is -2.23. The molecule has 104 valence electrons. The zero-order valence-corrected chi connectivity index (χ0v) is 12.9. The molecule has 2 rings (SSSR count). The lowest BCUT2D eigenvalue weighted by molar-refractivity contribution is -0.116. The van der Waals surface area contributed by atoms with E-state index in [-0.39, 0.29) is 11.7 Å². The fourth-order valence-corrected chi connectivity index (χ4v) is 2.89. The molecule has 0 bridgehead atoms. The summed E-state index contributed by atoms with van der Waals surface area (Å²) < 4.78 is 13.7. The van der Waals surface area contributed by atoms with E-state index in [9.17, 15) is 9.18 Å². The third-order valence-electron chi connectivity index (χ3n) is 3.34. The minimum atomic E-state index is -0.284. The Morgan fingerprint density at radius 3 is 3.00 bits per heavy atom. The standard InChI is InChI=1S/C14H18FIN2O/c15-10-4-6-13(12(16)9-10)18-14(19)7-5-11-3-1-2-8-17-11/h4,6,9,11,17H,1-3,5,7-8H2,(H,18,19). The van der Waals surface area contributed by atoms with E-state index in [0.29, 0.717) is 18.2 Å². The van der Waals surface area contributed by atoms with Gasteiger partial charge in [0.15, 0.2) is 0 Å². The molecule has 5 heteroatoms. The molecule has 0 aliphatic carbocycles. The Hall–Kier alpha value is -0.690. The summed E-state index contributed by atoms with van der Waals surface area (Å²) in [6, 6.07) is 4.85. The molecule has 1 atom stereocenters. The number of rotatable bonds is 4. The summed E-state index contributed by atoms with van der Waals surface area (Å²) in [4.78, 5) is 11.9. The molecule has 1 heterocycles. The van der Waals surface area contributed by atoms with Crippen LogP contribution in [0.25, 0.3) is 0 Å². The molecule has 3 nitrogen and oxygen atoms in total. The molecule has 2 N–H and O–H groups in total. The van der Waals surface area contributed by atoms with Gasteiger partial charge in [0.2, 0.25) is 5.91 Å². The van der Waals surface area contributed by atoms with E-state index in [1.165, 1.54) is 25.0 Å². The fraction of sp³-hybridized carbons (Fsp3) is 0.500. The van der Waals surface area contributed by atoms with Crippen LogP contribution in [0.3, 0.4) is 0 Å². The summed E-state index contributed by atoms with van der Waals surface area (Å²) >= 11 is 2.02. The van der Waals surface area contributed by atoms with Crippen molar-refractivity contribution in [2.45, 2.75) is 38.1 Å². The van der Waals surface area contributed by atoms with Gasteiger partial charge in [-0.1, -0.05) is 6.42 Å². The van der Waals surface area contributed by atoms with Gasteiger partial charge in [0.05, 0.1) is 5.69 Å². The third kappa shape index (κ3) is 4.72. The molecule has 1 aromatic rings. The van der Waals surface area contributed by atoms with E-state index in [1.807, 2.05) is 22.6 Å². The summed E-state index contributed by atoms with van der Waals surface area (Å²) in [6.45, 7) is 1.06. The molecular weight excluding hydrogens is 358 g/mol. The fourth-order valence-electron chi connectivity index (χ4n) is 2.28. The Morgan fingerprint density at radius 2 is 2.32 bits per heavy atom. The van der Waals surface area contributed by atoms with Crippen molar-refractivity contribution in [3.05, 3.63) is 27.6 Å². The van der Waals surface area contributed by atoms with Crippen LogP contribution in [-0.4, -0.2) is 18.5 Å². The molecule has 1 aliphatic heterocycles. The van der Waals surface area contributed by atoms with Gasteiger partial charge in [-0.25, -0.2) is 4.39 Å². The first-order chi connectivity index (χ1) is 9.15. The molecular formula is C14H18FIN2O. The van der Waals surface area contributed by atoms with E-state index in [2.05, 4.69) is 10.6 Å².